The number of hydrogen-bond donors (Lipinski definition) is 3. The van der Waals surface area contributed by atoms with Gasteiger partial charge in [0.05, 0.1) is 18.8 Å². The fraction of sp³-hybridized carbons (Fsp3) is 0.467. The Bertz CT molecular complexity index is 1380. The smallest absolute Gasteiger partial charge is 0.330 e. The molecule has 3 N–H and O–H groups in total. The summed E-state index contributed by atoms with van der Waals surface area (Å²) in [4.78, 5) is 34.4. The maximum atomic E-state index is 13.7. The lowest BCUT2D eigenvalue weighted by Gasteiger charge is -2.47. The highest BCUT2D eigenvalue weighted by Gasteiger charge is 2.70. The van der Waals surface area contributed by atoms with Gasteiger partial charge in [-0.2, -0.15) is 5.06 Å². The number of benzene rings is 2. The van der Waals surface area contributed by atoms with Gasteiger partial charge in [0.1, 0.15) is 17.8 Å². The molecule has 1 aliphatic heterocycles. The average Bonchev–Trinajstić information content (AvgIpc) is 3.13. The first-order valence-corrected chi connectivity index (χ1v) is 15.5. The topological polar surface area (TPSA) is 126 Å². The van der Waals surface area contributed by atoms with Gasteiger partial charge in [-0.3, -0.25) is 19.2 Å². The van der Waals surface area contributed by atoms with Gasteiger partial charge in [0.15, 0.2) is 14.1 Å². The van der Waals surface area contributed by atoms with Crippen LogP contribution in [0.1, 0.15) is 32.8 Å². The normalized spacial score (nSPS) is 24.8. The summed E-state index contributed by atoms with van der Waals surface area (Å²) in [5, 5.41) is 26.2. The molecular weight excluding hydrogens is 542 g/mol. The van der Waals surface area contributed by atoms with E-state index in [0.29, 0.717) is 0 Å². The van der Waals surface area contributed by atoms with Crippen molar-refractivity contribution < 1.29 is 24.5 Å². The highest BCUT2D eigenvalue weighted by molar-refractivity contribution is 6.86. The number of nitrogens with zero attached hydrogens (tertiary/aromatic N) is 2. The van der Waals surface area contributed by atoms with Crippen molar-refractivity contribution in [3.8, 4) is 0 Å². The van der Waals surface area contributed by atoms with Gasteiger partial charge in [-0.05, 0) is 27.7 Å². The third-order valence-corrected chi connectivity index (χ3v) is 11.2. The quantitative estimate of drug-likeness (QED) is 0.229. The van der Waals surface area contributed by atoms with Crippen molar-refractivity contribution in [2.45, 2.75) is 62.9 Å². The lowest BCUT2D eigenvalue weighted by atomic mass is 9.90. The molecule has 41 heavy (non-hydrogen) atoms. The number of ether oxygens (including phenoxy) is 2. The Morgan fingerprint density at radius 3 is 2.12 bits per heavy atom. The van der Waals surface area contributed by atoms with Gasteiger partial charge in [0.2, 0.25) is 0 Å². The van der Waals surface area contributed by atoms with E-state index in [2.05, 4.69) is 4.98 Å². The molecule has 4 atom stereocenters. The van der Waals surface area contributed by atoms with Crippen molar-refractivity contribution >= 4 is 19.2 Å². The van der Waals surface area contributed by atoms with Crippen LogP contribution in [0.2, 0.25) is 0 Å². The minimum atomic E-state index is -2.88. The van der Waals surface area contributed by atoms with Crippen molar-refractivity contribution in [2.75, 3.05) is 27.3 Å². The van der Waals surface area contributed by atoms with Gasteiger partial charge < -0.3 is 19.7 Å². The fourth-order valence-corrected chi connectivity index (χ4v) is 9.65. The van der Waals surface area contributed by atoms with Crippen LogP contribution in [0.4, 0.5) is 0 Å². The summed E-state index contributed by atoms with van der Waals surface area (Å²) in [6.45, 7) is 7.25. The Morgan fingerprint density at radius 1 is 1.05 bits per heavy atom. The van der Waals surface area contributed by atoms with Gasteiger partial charge in [-0.15, -0.1) is 0 Å². The highest BCUT2D eigenvalue weighted by atomic mass is 28.3. The number of H-pyrrole nitrogens is 1. The maximum absolute atomic E-state index is 13.7. The van der Waals surface area contributed by atoms with E-state index in [0.717, 1.165) is 10.4 Å². The number of aromatic amines is 1. The number of rotatable bonds is 10. The minimum Gasteiger partial charge on any atom is -0.387 e. The largest absolute Gasteiger partial charge is 0.387 e. The second-order valence-corrected chi connectivity index (χ2v) is 14.7. The standard InChI is InChI=1S/C30H41N3O7Si/c1-21-19-33(27(36)31-26(21)35)30(41(22-13-9-7-10-14-22)23-15-11-8-12-16-23)29(37,17-18-39-32(5)6)25(34)24(40-30)20-38-28(2,3)4/h7-16,19,24-25,34,37,41H,17-18,20H2,1-6H3,(H,31,35,36)/t24-,25-,29-,30+/m1/s1. The Hall–Kier alpha value is -2.90. The van der Waals surface area contributed by atoms with Crippen molar-refractivity contribution in [1.82, 2.24) is 14.6 Å². The highest BCUT2D eigenvalue weighted by Crippen LogP contribution is 2.47. The molecule has 11 heteroatoms. The molecule has 1 aromatic heterocycles. The molecule has 0 spiro atoms. The molecule has 2 aromatic carbocycles. The summed E-state index contributed by atoms with van der Waals surface area (Å²) >= 11 is 0. The van der Waals surface area contributed by atoms with Crippen LogP contribution >= 0.6 is 0 Å². The first-order chi connectivity index (χ1) is 19.3. The molecular formula is C30H41N3O7Si. The number of aromatic nitrogens is 2. The van der Waals surface area contributed by atoms with Gasteiger partial charge in [0, 0.05) is 32.3 Å². The molecule has 222 valence electrons. The zero-order valence-corrected chi connectivity index (χ0v) is 25.7. The third kappa shape index (κ3) is 6.16. The van der Waals surface area contributed by atoms with Crippen molar-refractivity contribution in [1.29, 1.82) is 0 Å². The second kappa shape index (κ2) is 12.1. The zero-order chi connectivity index (χ0) is 30.0. The van der Waals surface area contributed by atoms with Gasteiger partial charge in [0.25, 0.3) is 5.56 Å². The van der Waals surface area contributed by atoms with Crippen LogP contribution in [0.5, 0.6) is 0 Å². The Labute approximate surface area is 241 Å². The summed E-state index contributed by atoms with van der Waals surface area (Å²) in [5.41, 5.74) is -3.61. The van der Waals surface area contributed by atoms with Crippen molar-refractivity contribution in [3.63, 3.8) is 0 Å². The lowest BCUT2D eigenvalue weighted by molar-refractivity contribution is -0.181. The summed E-state index contributed by atoms with van der Waals surface area (Å²) in [6, 6.07) is 19.1. The monoisotopic (exact) mass is 583 g/mol. The van der Waals surface area contributed by atoms with Crippen LogP contribution in [0.25, 0.3) is 0 Å². The fourth-order valence-electron chi connectivity index (χ4n) is 5.56. The molecule has 1 fully saturated rings. The number of aliphatic hydroxyl groups excluding tert-OH is 1. The van der Waals surface area contributed by atoms with E-state index in [4.69, 9.17) is 14.3 Å². The number of aliphatic hydroxyl groups is 2. The summed E-state index contributed by atoms with van der Waals surface area (Å²) in [7, 11) is 0.563. The first kappa shape index (κ1) is 31.0. The lowest BCUT2D eigenvalue weighted by Crippen LogP contribution is -2.74. The molecule has 1 aliphatic rings. The van der Waals surface area contributed by atoms with Crippen LogP contribution in [-0.2, 0) is 19.7 Å². The minimum absolute atomic E-state index is 0.0281. The van der Waals surface area contributed by atoms with Crippen molar-refractivity contribution in [3.05, 3.63) is 93.3 Å². The molecule has 0 bridgehead atoms. The number of aryl methyl sites for hydroxylation is 1. The average molecular weight is 584 g/mol. The molecule has 0 radical (unpaired) electrons. The van der Waals surface area contributed by atoms with Crippen LogP contribution < -0.4 is 21.6 Å². The van der Waals surface area contributed by atoms with Crippen LogP contribution in [0.15, 0.2) is 76.4 Å². The molecule has 4 rings (SSSR count). The number of hydrogen-bond acceptors (Lipinski definition) is 8. The van der Waals surface area contributed by atoms with E-state index in [1.165, 1.54) is 15.8 Å². The second-order valence-electron chi connectivity index (χ2n) is 11.7. The third-order valence-electron chi connectivity index (χ3n) is 7.44. The van der Waals surface area contributed by atoms with E-state index in [-0.39, 0.29) is 25.2 Å². The molecule has 0 saturated carbocycles. The van der Waals surface area contributed by atoms with Crippen LogP contribution in [0.3, 0.4) is 0 Å². The summed E-state index contributed by atoms with van der Waals surface area (Å²) in [6.07, 6.45) is -1.12. The van der Waals surface area contributed by atoms with Gasteiger partial charge in [-0.1, -0.05) is 71.0 Å². The Balaban J connectivity index is 2.07. The molecule has 0 amide bonds. The van der Waals surface area contributed by atoms with Gasteiger partial charge in [-0.25, -0.2) is 4.79 Å². The Kier molecular flexibility index (Phi) is 9.19. The molecule has 2 heterocycles. The zero-order valence-electron chi connectivity index (χ0n) is 24.5. The molecule has 10 nitrogen and oxygen atoms in total. The summed E-state index contributed by atoms with van der Waals surface area (Å²) in [5.74, 6) is 0. The van der Waals surface area contributed by atoms with Crippen molar-refractivity contribution in [2.24, 2.45) is 0 Å². The molecule has 3 aromatic rings. The van der Waals surface area contributed by atoms with E-state index >= 15 is 0 Å². The Morgan fingerprint density at radius 2 is 1.61 bits per heavy atom. The van der Waals surface area contributed by atoms with Gasteiger partial charge >= 0.3 is 5.69 Å². The maximum Gasteiger partial charge on any atom is 0.330 e. The van der Waals surface area contributed by atoms with E-state index in [1.807, 2.05) is 81.4 Å². The van der Waals surface area contributed by atoms with Crippen LogP contribution in [-0.4, -0.2) is 84.3 Å². The predicted octanol–water partition coefficient (Wildman–Crippen LogP) is 0.268. The predicted molar refractivity (Wildman–Crippen MR) is 159 cm³/mol. The molecule has 1 saturated heterocycles. The molecule has 0 aliphatic carbocycles. The first-order valence-electron chi connectivity index (χ1n) is 13.8. The van der Waals surface area contributed by atoms with E-state index < -0.39 is 48.8 Å². The number of hydroxylamine groups is 2. The van der Waals surface area contributed by atoms with E-state index in [1.54, 1.807) is 21.0 Å². The van der Waals surface area contributed by atoms with E-state index in [9.17, 15) is 19.8 Å². The SMILES string of the molecule is Cc1cn([C@]2([SiH](c3ccccc3)c3ccccc3)O[C@H](COC(C)(C)C)[C@@H](O)[C@]2(O)CCON(C)C)c(=O)[nH]c1=O. The van der Waals surface area contributed by atoms with Crippen LogP contribution in [0, 0.1) is 6.92 Å². The summed E-state index contributed by atoms with van der Waals surface area (Å²) < 4.78 is 14.2. The number of nitrogens with one attached hydrogen (secondary N) is 1. The molecule has 0 unspecified atom stereocenters.